The number of para-hydroxylation sites is 1. The Hall–Kier alpha value is -3.82. The maximum absolute atomic E-state index is 13.0. The van der Waals surface area contributed by atoms with E-state index in [-0.39, 0.29) is 16.0 Å². The number of anilines is 1. The fourth-order valence-electron chi connectivity index (χ4n) is 2.96. The molecule has 0 radical (unpaired) electrons. The first-order valence-corrected chi connectivity index (χ1v) is 11.5. The number of rotatable bonds is 6. The van der Waals surface area contributed by atoms with Crippen molar-refractivity contribution in [1.82, 2.24) is 4.83 Å². The zero-order valence-corrected chi connectivity index (χ0v) is 18.9. The maximum Gasteiger partial charge on any atom is 0.276 e. The molecule has 3 aromatic carbocycles. The summed E-state index contributed by atoms with van der Waals surface area (Å²) in [4.78, 5) is 15.1. The van der Waals surface area contributed by atoms with Crippen LogP contribution in [0.2, 0.25) is 5.02 Å². The Morgan fingerprint density at radius 2 is 1.70 bits per heavy atom. The van der Waals surface area contributed by atoms with Gasteiger partial charge in [0.05, 0.1) is 12.0 Å². The van der Waals surface area contributed by atoms with Crippen molar-refractivity contribution in [1.29, 1.82) is 0 Å². The van der Waals surface area contributed by atoms with Gasteiger partial charge in [-0.1, -0.05) is 29.8 Å². The molecule has 0 atom stereocenters. The highest BCUT2D eigenvalue weighted by molar-refractivity contribution is 7.89. The molecule has 0 spiro atoms. The summed E-state index contributed by atoms with van der Waals surface area (Å²) in [5.74, 6) is 0.111. The SMILES string of the molecule is COc1ccc(NC(=O)c2cc3ccccc3o/c2=N/NS(=O)(=O)c2ccc(Cl)cc2)cc1. The summed E-state index contributed by atoms with van der Waals surface area (Å²) in [6, 6.07) is 20.9. The van der Waals surface area contributed by atoms with Gasteiger partial charge in [-0.05, 0) is 60.7 Å². The van der Waals surface area contributed by atoms with Gasteiger partial charge in [0.25, 0.3) is 15.9 Å². The monoisotopic (exact) mass is 483 g/mol. The number of fused-ring (bicyclic) bond motifs is 1. The van der Waals surface area contributed by atoms with Crippen molar-refractivity contribution in [3.05, 3.63) is 95.0 Å². The summed E-state index contributed by atoms with van der Waals surface area (Å²) in [6.07, 6.45) is 0. The molecule has 0 bridgehead atoms. The molecule has 0 aliphatic heterocycles. The molecule has 4 rings (SSSR count). The number of nitrogens with zero attached hydrogens (tertiary/aromatic N) is 1. The lowest BCUT2D eigenvalue weighted by Crippen LogP contribution is -2.27. The summed E-state index contributed by atoms with van der Waals surface area (Å²) in [5.41, 5.74) is 0.796. The van der Waals surface area contributed by atoms with Crippen LogP contribution in [0.15, 0.2) is 93.3 Å². The van der Waals surface area contributed by atoms with Crippen molar-refractivity contribution < 1.29 is 22.4 Å². The summed E-state index contributed by atoms with van der Waals surface area (Å²) in [6.45, 7) is 0. The second-order valence-corrected chi connectivity index (χ2v) is 8.94. The molecule has 0 saturated heterocycles. The molecule has 0 saturated carbocycles. The average Bonchev–Trinajstić information content (AvgIpc) is 2.83. The van der Waals surface area contributed by atoms with Crippen LogP contribution in [0, 0.1) is 0 Å². The van der Waals surface area contributed by atoms with Crippen LogP contribution in [0.5, 0.6) is 5.75 Å². The lowest BCUT2D eigenvalue weighted by molar-refractivity contribution is 0.102. The smallest absolute Gasteiger partial charge is 0.276 e. The van der Waals surface area contributed by atoms with E-state index >= 15 is 0 Å². The minimum absolute atomic E-state index is 0.0410. The highest BCUT2D eigenvalue weighted by Crippen LogP contribution is 2.18. The van der Waals surface area contributed by atoms with Gasteiger partial charge in [0.15, 0.2) is 0 Å². The number of methoxy groups -OCH3 is 1. The number of carbonyl (C=O) groups is 1. The number of halogens is 1. The van der Waals surface area contributed by atoms with Gasteiger partial charge in [-0.3, -0.25) is 4.79 Å². The van der Waals surface area contributed by atoms with Crippen LogP contribution in [0.1, 0.15) is 10.4 Å². The Morgan fingerprint density at radius 3 is 2.39 bits per heavy atom. The second-order valence-electron chi connectivity index (χ2n) is 6.85. The van der Waals surface area contributed by atoms with Crippen LogP contribution in [0.25, 0.3) is 11.0 Å². The van der Waals surface area contributed by atoms with Gasteiger partial charge in [0.1, 0.15) is 16.9 Å². The van der Waals surface area contributed by atoms with Crippen molar-refractivity contribution in [3.8, 4) is 5.75 Å². The predicted molar refractivity (Wildman–Crippen MR) is 124 cm³/mol. The van der Waals surface area contributed by atoms with E-state index in [1.54, 1.807) is 61.7 Å². The summed E-state index contributed by atoms with van der Waals surface area (Å²) in [5, 5.41) is 7.69. The Bertz CT molecular complexity index is 1480. The number of benzene rings is 3. The third kappa shape index (κ3) is 5.16. The molecule has 4 aromatic rings. The number of hydrogen-bond donors (Lipinski definition) is 2. The van der Waals surface area contributed by atoms with Crippen LogP contribution in [0.4, 0.5) is 5.69 Å². The lowest BCUT2D eigenvalue weighted by atomic mass is 10.1. The molecule has 1 heterocycles. The molecule has 0 aliphatic carbocycles. The van der Waals surface area contributed by atoms with E-state index in [4.69, 9.17) is 20.8 Å². The van der Waals surface area contributed by atoms with Gasteiger partial charge in [-0.25, -0.2) is 0 Å². The van der Waals surface area contributed by atoms with E-state index in [2.05, 4.69) is 15.2 Å². The molecule has 168 valence electrons. The minimum atomic E-state index is -4.02. The number of nitrogens with one attached hydrogen (secondary N) is 2. The van der Waals surface area contributed by atoms with E-state index in [9.17, 15) is 13.2 Å². The van der Waals surface area contributed by atoms with Crippen LogP contribution in [-0.2, 0) is 10.0 Å². The van der Waals surface area contributed by atoms with Crippen molar-refractivity contribution in [2.75, 3.05) is 12.4 Å². The third-order valence-corrected chi connectivity index (χ3v) is 6.12. The van der Waals surface area contributed by atoms with Crippen LogP contribution >= 0.6 is 11.6 Å². The molecule has 0 unspecified atom stereocenters. The van der Waals surface area contributed by atoms with Gasteiger partial charge in [0.2, 0.25) is 5.55 Å². The van der Waals surface area contributed by atoms with E-state index < -0.39 is 15.9 Å². The molecule has 0 fully saturated rings. The highest BCUT2D eigenvalue weighted by Gasteiger charge is 2.16. The number of ether oxygens (including phenoxy) is 1. The Balaban J connectivity index is 1.72. The standard InChI is InChI=1S/C23H18ClN3O5S/c1-31-18-10-8-17(9-11-18)25-22(28)20-14-15-4-2-3-5-21(15)32-23(20)26-27-33(29,30)19-12-6-16(24)7-13-19/h2-14,27H,1H3,(H,25,28)/b26-23+. The van der Waals surface area contributed by atoms with Crippen LogP contribution in [0.3, 0.4) is 0 Å². The van der Waals surface area contributed by atoms with Crippen molar-refractivity contribution in [3.63, 3.8) is 0 Å². The Labute approximate surface area is 194 Å². The summed E-state index contributed by atoms with van der Waals surface area (Å²) < 4.78 is 36.1. The third-order valence-electron chi connectivity index (χ3n) is 4.64. The molecular weight excluding hydrogens is 466 g/mol. The van der Waals surface area contributed by atoms with Crippen molar-refractivity contribution in [2.24, 2.45) is 5.10 Å². The van der Waals surface area contributed by atoms with E-state index in [0.717, 1.165) is 0 Å². The van der Waals surface area contributed by atoms with E-state index in [1.165, 1.54) is 24.3 Å². The number of sulfonamides is 1. The van der Waals surface area contributed by atoms with Gasteiger partial charge < -0.3 is 14.5 Å². The Morgan fingerprint density at radius 1 is 1.00 bits per heavy atom. The van der Waals surface area contributed by atoms with Gasteiger partial charge in [-0.2, -0.15) is 13.2 Å². The minimum Gasteiger partial charge on any atom is -0.497 e. The topological polar surface area (TPSA) is 110 Å². The normalized spacial score (nSPS) is 11.9. The van der Waals surface area contributed by atoms with Crippen molar-refractivity contribution in [2.45, 2.75) is 4.90 Å². The fourth-order valence-corrected chi connectivity index (χ4v) is 3.88. The maximum atomic E-state index is 13.0. The van der Waals surface area contributed by atoms with Gasteiger partial charge >= 0.3 is 0 Å². The number of hydrogen-bond acceptors (Lipinski definition) is 6. The molecule has 2 N–H and O–H groups in total. The van der Waals surface area contributed by atoms with Crippen LogP contribution < -0.4 is 20.4 Å². The largest absolute Gasteiger partial charge is 0.497 e. The van der Waals surface area contributed by atoms with E-state index in [1.807, 2.05) is 0 Å². The first-order valence-electron chi connectivity index (χ1n) is 9.65. The number of carbonyl (C=O) groups excluding carboxylic acids is 1. The fraction of sp³-hybridized carbons (Fsp3) is 0.0435. The van der Waals surface area contributed by atoms with Gasteiger partial charge in [-0.15, -0.1) is 5.10 Å². The molecule has 8 nitrogen and oxygen atoms in total. The zero-order valence-electron chi connectivity index (χ0n) is 17.3. The predicted octanol–water partition coefficient (Wildman–Crippen LogP) is 4.14. The lowest BCUT2D eigenvalue weighted by Gasteiger charge is -2.08. The van der Waals surface area contributed by atoms with Crippen molar-refractivity contribution >= 4 is 44.2 Å². The molecule has 10 heteroatoms. The second kappa shape index (κ2) is 9.35. The molecule has 33 heavy (non-hydrogen) atoms. The van der Waals surface area contributed by atoms with Gasteiger partial charge in [0, 0.05) is 16.1 Å². The number of amides is 1. The summed E-state index contributed by atoms with van der Waals surface area (Å²) in [7, 11) is -2.47. The highest BCUT2D eigenvalue weighted by atomic mass is 35.5. The average molecular weight is 484 g/mol. The quantitative estimate of drug-likeness (QED) is 0.400. The molecule has 1 amide bonds. The molecule has 0 aliphatic rings. The molecular formula is C23H18ClN3O5S. The van der Waals surface area contributed by atoms with Crippen LogP contribution in [-0.4, -0.2) is 21.4 Å². The Kier molecular flexibility index (Phi) is 6.34. The summed E-state index contributed by atoms with van der Waals surface area (Å²) >= 11 is 5.82. The first kappa shape index (κ1) is 22.4. The molecule has 1 aromatic heterocycles. The van der Waals surface area contributed by atoms with E-state index in [0.29, 0.717) is 27.4 Å². The zero-order chi connectivity index (χ0) is 23.4. The first-order chi connectivity index (χ1) is 15.9.